The number of piperidine rings is 2. The maximum atomic E-state index is 12.6. The van der Waals surface area contributed by atoms with Gasteiger partial charge in [-0.05, 0) is 67.6 Å². The van der Waals surface area contributed by atoms with Crippen molar-refractivity contribution in [2.24, 2.45) is 5.92 Å². The number of nitrogens with zero attached hydrogens (tertiary/aromatic N) is 1. The summed E-state index contributed by atoms with van der Waals surface area (Å²) >= 11 is 0. The van der Waals surface area contributed by atoms with E-state index in [1.165, 1.54) is 22.4 Å². The van der Waals surface area contributed by atoms with Gasteiger partial charge in [-0.15, -0.1) is 0 Å². The van der Waals surface area contributed by atoms with Gasteiger partial charge >= 0.3 is 0 Å². The molecule has 2 aliphatic heterocycles. The highest BCUT2D eigenvalue weighted by molar-refractivity contribution is 5.86. The van der Waals surface area contributed by atoms with Crippen LogP contribution < -0.4 is 10.6 Å². The molecule has 0 amide bonds. The van der Waals surface area contributed by atoms with Crippen molar-refractivity contribution in [2.45, 2.75) is 45.2 Å². The summed E-state index contributed by atoms with van der Waals surface area (Å²) in [6.45, 7) is 4.30. The molecule has 3 heteroatoms. The van der Waals surface area contributed by atoms with E-state index in [-0.39, 0.29) is 12.0 Å². The molecule has 5 rings (SSSR count). The third-order valence-electron chi connectivity index (χ3n) is 5.80. The lowest BCUT2D eigenvalue weighted by molar-refractivity contribution is -0.128. The number of nitrogens with two attached hydrogens (primary N) is 1. The Labute approximate surface area is 143 Å². The van der Waals surface area contributed by atoms with Crippen molar-refractivity contribution in [1.29, 1.82) is 0 Å². The fourth-order valence-electron chi connectivity index (χ4n) is 4.35. The summed E-state index contributed by atoms with van der Waals surface area (Å²) in [6.07, 6.45) is 2.79. The number of carbonyl (C=O) groups is 1. The second-order valence-electron chi connectivity index (χ2n) is 7.30. The molecule has 3 fully saturated rings. The van der Waals surface area contributed by atoms with Crippen molar-refractivity contribution in [1.82, 2.24) is 0 Å². The molecule has 24 heavy (non-hydrogen) atoms. The van der Waals surface area contributed by atoms with E-state index in [1.54, 1.807) is 0 Å². The van der Waals surface area contributed by atoms with Gasteiger partial charge in [0.2, 0.25) is 0 Å². The summed E-state index contributed by atoms with van der Waals surface area (Å²) in [5.41, 5.74) is 11.7. The van der Waals surface area contributed by atoms with Crippen molar-refractivity contribution in [2.75, 3.05) is 10.6 Å². The molecule has 2 N–H and O–H groups in total. The number of rotatable bonds is 2. The zero-order valence-electron chi connectivity index (χ0n) is 14.3. The number of Topliss-reactive ketones (excluding diaryl/α,β-unsaturated/α-hetero) is 1. The molecule has 2 heterocycles. The Morgan fingerprint density at radius 2 is 1.75 bits per heavy atom. The summed E-state index contributed by atoms with van der Waals surface area (Å²) in [5, 5.41) is 0. The smallest absolute Gasteiger partial charge is 0.140 e. The number of benzene rings is 2. The average molecular weight is 320 g/mol. The topological polar surface area (TPSA) is 46.3 Å². The van der Waals surface area contributed by atoms with Gasteiger partial charge in [0, 0.05) is 29.8 Å². The van der Waals surface area contributed by atoms with E-state index in [0.29, 0.717) is 18.2 Å². The fourth-order valence-corrected chi connectivity index (χ4v) is 4.35. The molecule has 0 radical (unpaired) electrons. The van der Waals surface area contributed by atoms with Gasteiger partial charge in [-0.3, -0.25) is 4.79 Å². The predicted molar refractivity (Wildman–Crippen MR) is 98.1 cm³/mol. The first kappa shape index (κ1) is 15.3. The van der Waals surface area contributed by atoms with Crippen LogP contribution in [0.25, 0.3) is 0 Å². The molecule has 3 atom stereocenters. The first-order valence-corrected chi connectivity index (χ1v) is 8.78. The zero-order valence-corrected chi connectivity index (χ0v) is 14.3. The molecule has 2 aromatic rings. The normalized spacial score (nSPS) is 26.0. The van der Waals surface area contributed by atoms with Gasteiger partial charge in [-0.25, -0.2) is 0 Å². The second-order valence-corrected chi connectivity index (χ2v) is 7.30. The van der Waals surface area contributed by atoms with Crippen LogP contribution in [0.2, 0.25) is 0 Å². The molecule has 124 valence electrons. The number of nitrogen functional groups attached to an aromatic ring is 1. The third-order valence-corrected chi connectivity index (χ3v) is 5.80. The second kappa shape index (κ2) is 5.66. The summed E-state index contributed by atoms with van der Waals surface area (Å²) in [6, 6.07) is 15.2. The lowest BCUT2D eigenvalue weighted by atomic mass is 9.71. The van der Waals surface area contributed by atoms with Gasteiger partial charge in [0.25, 0.3) is 0 Å². The predicted octanol–water partition coefficient (Wildman–Crippen LogP) is 4.18. The maximum absolute atomic E-state index is 12.6. The van der Waals surface area contributed by atoms with E-state index in [4.69, 9.17) is 5.73 Å². The van der Waals surface area contributed by atoms with Crippen LogP contribution in [0.3, 0.4) is 0 Å². The van der Waals surface area contributed by atoms with Gasteiger partial charge in [0.05, 0.1) is 6.04 Å². The van der Waals surface area contributed by atoms with Crippen molar-refractivity contribution in [3.05, 3.63) is 59.2 Å². The molecular weight excluding hydrogens is 296 g/mol. The van der Waals surface area contributed by atoms with E-state index >= 15 is 0 Å². The molecule has 3 nitrogen and oxygen atoms in total. The molecule has 0 aromatic heterocycles. The minimum absolute atomic E-state index is 0.0974. The number of aryl methyl sites for hydroxylation is 2. The average Bonchev–Trinajstić information content (AvgIpc) is 2.58. The number of hydrogen-bond donors (Lipinski definition) is 1. The highest BCUT2D eigenvalue weighted by atomic mass is 16.1. The molecule has 2 aromatic carbocycles. The molecule has 2 bridgehead atoms. The SMILES string of the molecule is Cc1ccc(N2C3CCC(C(=O)C3)C2c2ccc(N)cc2)cc1C. The van der Waals surface area contributed by atoms with Gasteiger partial charge < -0.3 is 10.6 Å². The van der Waals surface area contributed by atoms with E-state index in [2.05, 4.69) is 49.1 Å². The summed E-state index contributed by atoms with van der Waals surface area (Å²) < 4.78 is 0. The van der Waals surface area contributed by atoms with Crippen LogP contribution in [-0.2, 0) is 4.79 Å². The Kier molecular flexibility index (Phi) is 3.60. The largest absolute Gasteiger partial charge is 0.399 e. The summed E-state index contributed by atoms with van der Waals surface area (Å²) in [5.74, 6) is 0.522. The van der Waals surface area contributed by atoms with Gasteiger partial charge in [0.15, 0.2) is 0 Å². The summed E-state index contributed by atoms with van der Waals surface area (Å²) in [4.78, 5) is 15.0. The van der Waals surface area contributed by atoms with Crippen LogP contribution in [0, 0.1) is 19.8 Å². The fraction of sp³-hybridized carbons (Fsp3) is 0.381. The number of anilines is 2. The number of ketones is 1. The molecule has 3 aliphatic rings. The van der Waals surface area contributed by atoms with Crippen LogP contribution in [0.4, 0.5) is 11.4 Å². The lowest BCUT2D eigenvalue weighted by Crippen LogP contribution is -2.54. The van der Waals surface area contributed by atoms with Gasteiger partial charge in [-0.2, -0.15) is 0 Å². The van der Waals surface area contributed by atoms with Crippen LogP contribution >= 0.6 is 0 Å². The van der Waals surface area contributed by atoms with Crippen LogP contribution in [0.1, 0.15) is 42.0 Å². The maximum Gasteiger partial charge on any atom is 0.140 e. The van der Waals surface area contributed by atoms with Gasteiger partial charge in [-0.1, -0.05) is 18.2 Å². The number of fused-ring (bicyclic) bond motifs is 3. The standard InChI is InChI=1S/C21H24N2O/c1-13-3-8-17(11-14(13)2)23-18-9-10-19(20(24)12-18)21(23)15-4-6-16(22)7-5-15/h3-8,11,18-19,21H,9-10,12,22H2,1-2H3. The van der Waals surface area contributed by atoms with E-state index in [1.807, 2.05) is 12.1 Å². The molecule has 0 spiro atoms. The minimum Gasteiger partial charge on any atom is -0.399 e. The Bertz CT molecular complexity index is 781. The van der Waals surface area contributed by atoms with E-state index < -0.39 is 0 Å². The highest BCUT2D eigenvalue weighted by Gasteiger charge is 2.47. The van der Waals surface area contributed by atoms with Crippen LogP contribution in [0.5, 0.6) is 0 Å². The number of hydrogen-bond acceptors (Lipinski definition) is 3. The Morgan fingerprint density at radius 3 is 2.42 bits per heavy atom. The van der Waals surface area contributed by atoms with E-state index in [0.717, 1.165) is 18.5 Å². The Hall–Kier alpha value is -2.29. The number of carbonyl (C=O) groups excluding carboxylic acids is 1. The van der Waals surface area contributed by atoms with Crippen LogP contribution in [-0.4, -0.2) is 11.8 Å². The third kappa shape index (κ3) is 2.39. The quantitative estimate of drug-likeness (QED) is 0.844. The zero-order chi connectivity index (χ0) is 16.8. The summed E-state index contributed by atoms with van der Waals surface area (Å²) in [7, 11) is 0. The molecule has 2 saturated heterocycles. The molecular formula is C21H24N2O. The Balaban J connectivity index is 1.81. The minimum atomic E-state index is 0.0974. The molecule has 1 aliphatic carbocycles. The van der Waals surface area contributed by atoms with Gasteiger partial charge in [0.1, 0.15) is 5.78 Å². The monoisotopic (exact) mass is 320 g/mol. The van der Waals surface area contributed by atoms with E-state index in [9.17, 15) is 4.79 Å². The van der Waals surface area contributed by atoms with Crippen molar-refractivity contribution >= 4 is 17.2 Å². The highest BCUT2D eigenvalue weighted by Crippen LogP contribution is 2.48. The molecule has 3 unspecified atom stereocenters. The Morgan fingerprint density at radius 1 is 1.00 bits per heavy atom. The molecule has 1 saturated carbocycles. The lowest BCUT2D eigenvalue weighted by Gasteiger charge is -2.52. The first-order valence-electron chi connectivity index (χ1n) is 8.78. The van der Waals surface area contributed by atoms with Crippen molar-refractivity contribution < 1.29 is 4.79 Å². The van der Waals surface area contributed by atoms with Crippen molar-refractivity contribution in [3.63, 3.8) is 0 Å². The van der Waals surface area contributed by atoms with Crippen LogP contribution in [0.15, 0.2) is 42.5 Å². The first-order chi connectivity index (χ1) is 11.5. The van der Waals surface area contributed by atoms with Crippen molar-refractivity contribution in [3.8, 4) is 0 Å².